The highest BCUT2D eigenvalue weighted by Crippen LogP contribution is 2.30. The second-order valence-electron chi connectivity index (χ2n) is 6.40. The maximum atomic E-state index is 12.3. The Hall–Kier alpha value is -2.04. The molecular formula is C20H20Cl2N2O2. The first-order valence-electron chi connectivity index (χ1n) is 8.59. The van der Waals surface area contributed by atoms with Gasteiger partial charge in [0.15, 0.2) is 0 Å². The summed E-state index contributed by atoms with van der Waals surface area (Å²) < 4.78 is 0. The number of hydrogen-bond donors (Lipinski definition) is 1. The lowest BCUT2D eigenvalue weighted by Gasteiger charge is -2.29. The Kier molecular flexibility index (Phi) is 5.84. The number of halogens is 2. The molecule has 2 aromatic rings. The lowest BCUT2D eigenvalue weighted by atomic mass is 10.0. The molecule has 3 rings (SSSR count). The molecular weight excluding hydrogens is 371 g/mol. The number of fused-ring (bicyclic) bond motifs is 1. The molecule has 0 unspecified atom stereocenters. The van der Waals surface area contributed by atoms with Gasteiger partial charge in [0.25, 0.3) is 0 Å². The normalized spacial score (nSPS) is 13.3. The third-order valence-electron chi connectivity index (χ3n) is 4.50. The van der Waals surface area contributed by atoms with Crippen molar-refractivity contribution < 1.29 is 9.59 Å². The molecule has 0 radical (unpaired) electrons. The first-order valence-corrected chi connectivity index (χ1v) is 9.34. The molecule has 1 heterocycles. The van der Waals surface area contributed by atoms with Gasteiger partial charge in [0.2, 0.25) is 11.8 Å². The Bertz CT molecular complexity index is 852. The standard InChI is InChI=1S/C20H20Cl2N2O2/c1-13(25)24-10-2-3-15-11-17(7-8-19(15)24)23-20(26)9-5-14-4-6-16(21)12-18(14)22/h4,6-8,11-12H,2-3,5,9-10H2,1H3,(H,23,26). The SMILES string of the molecule is CC(=O)N1CCCc2cc(NC(=O)CCc3ccc(Cl)cc3Cl)ccc21. The fourth-order valence-corrected chi connectivity index (χ4v) is 3.70. The van der Waals surface area contributed by atoms with Gasteiger partial charge in [-0.2, -0.15) is 0 Å². The van der Waals surface area contributed by atoms with Crippen molar-refractivity contribution in [2.75, 3.05) is 16.8 Å². The molecule has 136 valence electrons. The summed E-state index contributed by atoms with van der Waals surface area (Å²) in [6.45, 7) is 2.32. The summed E-state index contributed by atoms with van der Waals surface area (Å²) in [5.41, 5.74) is 3.68. The summed E-state index contributed by atoms with van der Waals surface area (Å²) >= 11 is 12.0. The van der Waals surface area contributed by atoms with E-state index in [0.29, 0.717) is 22.9 Å². The fourth-order valence-electron chi connectivity index (χ4n) is 3.20. The molecule has 6 heteroatoms. The number of nitrogens with zero attached hydrogens (tertiary/aromatic N) is 1. The van der Waals surface area contributed by atoms with E-state index in [1.807, 2.05) is 24.3 Å². The zero-order valence-electron chi connectivity index (χ0n) is 14.5. The molecule has 2 aromatic carbocycles. The molecule has 0 atom stereocenters. The van der Waals surface area contributed by atoms with Crippen molar-refractivity contribution in [3.05, 3.63) is 57.6 Å². The van der Waals surface area contributed by atoms with Gasteiger partial charge in [0, 0.05) is 41.3 Å². The summed E-state index contributed by atoms with van der Waals surface area (Å²) in [4.78, 5) is 25.8. The van der Waals surface area contributed by atoms with E-state index < -0.39 is 0 Å². The Balaban J connectivity index is 1.63. The first kappa shape index (κ1) is 18.7. The molecule has 0 fully saturated rings. The lowest BCUT2D eigenvalue weighted by molar-refractivity contribution is -0.117. The van der Waals surface area contributed by atoms with Gasteiger partial charge in [-0.15, -0.1) is 0 Å². The van der Waals surface area contributed by atoms with Crippen molar-refractivity contribution in [2.24, 2.45) is 0 Å². The van der Waals surface area contributed by atoms with Crippen LogP contribution in [0.15, 0.2) is 36.4 Å². The number of amides is 2. The van der Waals surface area contributed by atoms with Crippen LogP contribution < -0.4 is 10.2 Å². The van der Waals surface area contributed by atoms with Gasteiger partial charge < -0.3 is 10.2 Å². The number of benzene rings is 2. The Morgan fingerprint density at radius 1 is 1.15 bits per heavy atom. The maximum absolute atomic E-state index is 12.3. The number of carbonyl (C=O) groups excluding carboxylic acids is 2. The lowest BCUT2D eigenvalue weighted by Crippen LogP contribution is -2.33. The van der Waals surface area contributed by atoms with Crippen LogP contribution in [0, 0.1) is 0 Å². The van der Waals surface area contributed by atoms with Gasteiger partial charge in [-0.3, -0.25) is 9.59 Å². The molecule has 0 aromatic heterocycles. The molecule has 1 N–H and O–H groups in total. The number of nitrogens with one attached hydrogen (secondary N) is 1. The quantitative estimate of drug-likeness (QED) is 0.809. The molecule has 0 bridgehead atoms. The van der Waals surface area contributed by atoms with Crippen molar-refractivity contribution in [3.63, 3.8) is 0 Å². The molecule has 1 aliphatic heterocycles. The highest BCUT2D eigenvalue weighted by atomic mass is 35.5. The molecule has 4 nitrogen and oxygen atoms in total. The van der Waals surface area contributed by atoms with Crippen LogP contribution in [0.4, 0.5) is 11.4 Å². The summed E-state index contributed by atoms with van der Waals surface area (Å²) in [6, 6.07) is 11.0. The van der Waals surface area contributed by atoms with E-state index >= 15 is 0 Å². The predicted molar refractivity (Wildman–Crippen MR) is 106 cm³/mol. The smallest absolute Gasteiger partial charge is 0.224 e. The second-order valence-corrected chi connectivity index (χ2v) is 7.25. The topological polar surface area (TPSA) is 49.4 Å². The number of anilines is 2. The third-order valence-corrected chi connectivity index (χ3v) is 5.09. The molecule has 0 aliphatic carbocycles. The number of hydrogen-bond acceptors (Lipinski definition) is 2. The molecule has 0 saturated heterocycles. The zero-order chi connectivity index (χ0) is 18.7. The molecule has 0 spiro atoms. The molecule has 1 aliphatic rings. The van der Waals surface area contributed by atoms with Crippen molar-refractivity contribution in [3.8, 4) is 0 Å². The zero-order valence-corrected chi connectivity index (χ0v) is 16.0. The third kappa shape index (κ3) is 4.37. The minimum Gasteiger partial charge on any atom is -0.326 e. The van der Waals surface area contributed by atoms with E-state index in [1.165, 1.54) is 0 Å². The van der Waals surface area contributed by atoms with Crippen LogP contribution in [0.5, 0.6) is 0 Å². The van der Waals surface area contributed by atoms with Crippen LogP contribution >= 0.6 is 23.2 Å². The minimum atomic E-state index is -0.0739. The maximum Gasteiger partial charge on any atom is 0.224 e. The van der Waals surface area contributed by atoms with E-state index in [2.05, 4.69) is 5.32 Å². The van der Waals surface area contributed by atoms with Crippen LogP contribution in [0.1, 0.15) is 30.9 Å². The van der Waals surface area contributed by atoms with E-state index in [-0.39, 0.29) is 11.8 Å². The van der Waals surface area contributed by atoms with E-state index in [9.17, 15) is 9.59 Å². The predicted octanol–water partition coefficient (Wildman–Crippen LogP) is 4.86. The van der Waals surface area contributed by atoms with Crippen molar-refractivity contribution >= 4 is 46.4 Å². The number of rotatable bonds is 4. The van der Waals surface area contributed by atoms with Gasteiger partial charge in [-0.05, 0) is 60.7 Å². The monoisotopic (exact) mass is 390 g/mol. The highest BCUT2D eigenvalue weighted by molar-refractivity contribution is 6.35. The largest absolute Gasteiger partial charge is 0.326 e. The highest BCUT2D eigenvalue weighted by Gasteiger charge is 2.20. The van der Waals surface area contributed by atoms with Crippen molar-refractivity contribution in [2.45, 2.75) is 32.6 Å². The summed E-state index contributed by atoms with van der Waals surface area (Å²) in [5.74, 6) is -0.0298. The van der Waals surface area contributed by atoms with E-state index in [1.54, 1.807) is 24.0 Å². The Labute approximate surface area is 163 Å². The minimum absolute atomic E-state index is 0.0441. The van der Waals surface area contributed by atoms with Crippen LogP contribution in [-0.4, -0.2) is 18.4 Å². The summed E-state index contributed by atoms with van der Waals surface area (Å²) in [7, 11) is 0. The van der Waals surface area contributed by atoms with Gasteiger partial charge >= 0.3 is 0 Å². The fraction of sp³-hybridized carbons (Fsp3) is 0.300. The van der Waals surface area contributed by atoms with Crippen LogP contribution in [0.3, 0.4) is 0 Å². The van der Waals surface area contributed by atoms with Crippen molar-refractivity contribution in [1.82, 2.24) is 0 Å². The van der Waals surface area contributed by atoms with Crippen molar-refractivity contribution in [1.29, 1.82) is 0 Å². The second kappa shape index (κ2) is 8.11. The molecule has 2 amide bonds. The Morgan fingerprint density at radius 2 is 1.96 bits per heavy atom. The summed E-state index contributed by atoms with van der Waals surface area (Å²) in [5, 5.41) is 4.08. The van der Waals surface area contributed by atoms with Gasteiger partial charge in [-0.25, -0.2) is 0 Å². The van der Waals surface area contributed by atoms with Crippen LogP contribution in [0.25, 0.3) is 0 Å². The van der Waals surface area contributed by atoms with Crippen LogP contribution in [0.2, 0.25) is 10.0 Å². The summed E-state index contributed by atoms with van der Waals surface area (Å²) in [6.07, 6.45) is 2.71. The molecule has 26 heavy (non-hydrogen) atoms. The average molecular weight is 391 g/mol. The number of carbonyl (C=O) groups is 2. The number of aryl methyl sites for hydroxylation is 2. The van der Waals surface area contributed by atoms with Gasteiger partial charge in [0.1, 0.15) is 0 Å². The Morgan fingerprint density at radius 3 is 2.69 bits per heavy atom. The van der Waals surface area contributed by atoms with E-state index in [0.717, 1.165) is 41.9 Å². The average Bonchev–Trinajstić information content (AvgIpc) is 2.60. The molecule has 0 saturated carbocycles. The van der Waals surface area contributed by atoms with E-state index in [4.69, 9.17) is 23.2 Å². The first-order chi connectivity index (χ1) is 12.4. The van der Waals surface area contributed by atoms with Crippen LogP contribution in [-0.2, 0) is 22.4 Å². The van der Waals surface area contributed by atoms with Gasteiger partial charge in [-0.1, -0.05) is 29.3 Å². The van der Waals surface area contributed by atoms with Gasteiger partial charge in [0.05, 0.1) is 0 Å².